The number of anilines is 1. The van der Waals surface area contributed by atoms with E-state index in [-0.39, 0.29) is 24.0 Å². The van der Waals surface area contributed by atoms with Gasteiger partial charge in [-0.2, -0.15) is 5.10 Å². The van der Waals surface area contributed by atoms with Gasteiger partial charge in [-0.15, -0.1) is 24.0 Å². The molecule has 0 saturated carbocycles. The van der Waals surface area contributed by atoms with Crippen molar-refractivity contribution in [1.29, 1.82) is 0 Å². The van der Waals surface area contributed by atoms with Crippen LogP contribution in [0.2, 0.25) is 5.02 Å². The largest absolute Gasteiger partial charge is 0.369 e. The fraction of sp³-hybridized carbons (Fsp3) is 0.444. The molecule has 1 saturated heterocycles. The van der Waals surface area contributed by atoms with Gasteiger partial charge in [0.2, 0.25) is 0 Å². The highest BCUT2D eigenvalue weighted by molar-refractivity contribution is 14.0. The van der Waals surface area contributed by atoms with Crippen molar-refractivity contribution in [3.8, 4) is 0 Å². The van der Waals surface area contributed by atoms with E-state index in [0.29, 0.717) is 12.6 Å². The van der Waals surface area contributed by atoms with Gasteiger partial charge in [0.25, 0.3) is 0 Å². The minimum atomic E-state index is 0. The first kappa shape index (κ1) is 20.8. The number of benzene rings is 1. The highest BCUT2D eigenvalue weighted by Crippen LogP contribution is 2.23. The lowest BCUT2D eigenvalue weighted by atomic mass is 10.2. The summed E-state index contributed by atoms with van der Waals surface area (Å²) in [6.45, 7) is 5.47. The molecule has 1 aromatic heterocycles. The number of hydrogen-bond acceptors (Lipinski definition) is 3. The maximum absolute atomic E-state index is 6.11. The van der Waals surface area contributed by atoms with E-state index < -0.39 is 0 Å². The molecule has 0 bridgehead atoms. The lowest BCUT2D eigenvalue weighted by Crippen LogP contribution is -2.44. The first-order chi connectivity index (χ1) is 12.2. The molecule has 2 N–H and O–H groups in total. The first-order valence-electron chi connectivity index (χ1n) is 8.68. The molecule has 26 heavy (non-hydrogen) atoms. The molecule has 3 rings (SSSR count). The average Bonchev–Trinajstić information content (AvgIpc) is 3.22. The summed E-state index contributed by atoms with van der Waals surface area (Å²) in [5, 5.41) is 11.8. The van der Waals surface area contributed by atoms with Gasteiger partial charge in [0.15, 0.2) is 5.96 Å². The molecule has 1 aromatic carbocycles. The maximum Gasteiger partial charge on any atom is 0.191 e. The zero-order valence-electron chi connectivity index (χ0n) is 15.2. The molecule has 0 spiro atoms. The van der Waals surface area contributed by atoms with Crippen LogP contribution >= 0.6 is 35.6 Å². The van der Waals surface area contributed by atoms with Crippen LogP contribution in [0.25, 0.3) is 0 Å². The van der Waals surface area contributed by atoms with Gasteiger partial charge < -0.3 is 15.5 Å². The van der Waals surface area contributed by atoms with Gasteiger partial charge in [-0.25, -0.2) is 4.99 Å². The molecule has 1 fully saturated rings. The SMILES string of the molecule is CCNC(=NCc1ccnn1C)NC1CCN(c2cccc(Cl)c2)C1.I. The Bertz CT molecular complexity index is 732. The second kappa shape index (κ2) is 10.0. The minimum absolute atomic E-state index is 0. The number of guanidine groups is 1. The van der Waals surface area contributed by atoms with Crippen LogP contribution < -0.4 is 15.5 Å². The summed E-state index contributed by atoms with van der Waals surface area (Å²) < 4.78 is 1.85. The third-order valence-corrected chi connectivity index (χ3v) is 4.60. The summed E-state index contributed by atoms with van der Waals surface area (Å²) in [7, 11) is 1.94. The predicted molar refractivity (Wildman–Crippen MR) is 119 cm³/mol. The van der Waals surface area contributed by atoms with E-state index in [0.717, 1.165) is 42.7 Å². The fourth-order valence-electron chi connectivity index (χ4n) is 3.02. The summed E-state index contributed by atoms with van der Waals surface area (Å²) in [4.78, 5) is 7.04. The normalized spacial score (nSPS) is 17.1. The summed E-state index contributed by atoms with van der Waals surface area (Å²) in [5.41, 5.74) is 2.26. The Morgan fingerprint density at radius 3 is 2.92 bits per heavy atom. The molecule has 2 heterocycles. The monoisotopic (exact) mass is 488 g/mol. The molecule has 0 radical (unpaired) electrons. The smallest absolute Gasteiger partial charge is 0.191 e. The Kier molecular flexibility index (Phi) is 8.02. The van der Waals surface area contributed by atoms with Crippen LogP contribution in [-0.4, -0.2) is 41.4 Å². The van der Waals surface area contributed by atoms with Crippen molar-refractivity contribution >= 4 is 47.2 Å². The molecule has 0 amide bonds. The Hall–Kier alpha value is -1.48. The molecule has 6 nitrogen and oxygen atoms in total. The Morgan fingerprint density at radius 1 is 1.38 bits per heavy atom. The number of aryl methyl sites for hydroxylation is 1. The second-order valence-corrected chi connectivity index (χ2v) is 6.63. The van der Waals surface area contributed by atoms with E-state index in [2.05, 4.69) is 38.6 Å². The average molecular weight is 489 g/mol. The Labute approximate surface area is 177 Å². The molecule has 1 atom stereocenters. The summed E-state index contributed by atoms with van der Waals surface area (Å²) in [6, 6.07) is 10.4. The van der Waals surface area contributed by atoms with Gasteiger partial charge in [0.1, 0.15) is 0 Å². The van der Waals surface area contributed by atoms with E-state index in [1.54, 1.807) is 6.20 Å². The lowest BCUT2D eigenvalue weighted by Gasteiger charge is -2.20. The van der Waals surface area contributed by atoms with Gasteiger partial charge >= 0.3 is 0 Å². The number of nitrogens with zero attached hydrogens (tertiary/aromatic N) is 4. The van der Waals surface area contributed by atoms with Crippen molar-refractivity contribution < 1.29 is 0 Å². The van der Waals surface area contributed by atoms with Crippen LogP contribution in [0, 0.1) is 0 Å². The van der Waals surface area contributed by atoms with Crippen LogP contribution in [0.4, 0.5) is 5.69 Å². The van der Waals surface area contributed by atoms with Gasteiger partial charge in [-0.05, 0) is 37.6 Å². The van der Waals surface area contributed by atoms with Crippen molar-refractivity contribution in [1.82, 2.24) is 20.4 Å². The highest BCUT2D eigenvalue weighted by atomic mass is 127. The van der Waals surface area contributed by atoms with Gasteiger partial charge in [0, 0.05) is 49.6 Å². The highest BCUT2D eigenvalue weighted by Gasteiger charge is 2.23. The Morgan fingerprint density at radius 2 is 2.23 bits per heavy atom. The number of halogens is 2. The number of nitrogens with one attached hydrogen (secondary N) is 2. The summed E-state index contributed by atoms with van der Waals surface area (Å²) >= 11 is 6.11. The Balaban J connectivity index is 0.00000243. The van der Waals surface area contributed by atoms with Crippen molar-refractivity contribution in [3.05, 3.63) is 47.2 Å². The van der Waals surface area contributed by atoms with Crippen molar-refractivity contribution in [3.63, 3.8) is 0 Å². The lowest BCUT2D eigenvalue weighted by molar-refractivity contribution is 0.645. The molecule has 1 aliphatic rings. The van der Waals surface area contributed by atoms with Crippen LogP contribution in [0.1, 0.15) is 19.0 Å². The zero-order valence-corrected chi connectivity index (χ0v) is 18.2. The third-order valence-electron chi connectivity index (χ3n) is 4.37. The third kappa shape index (κ3) is 5.51. The van der Waals surface area contributed by atoms with E-state index in [1.165, 1.54) is 5.69 Å². The summed E-state index contributed by atoms with van der Waals surface area (Å²) in [6.07, 6.45) is 2.87. The molecule has 1 unspecified atom stereocenters. The minimum Gasteiger partial charge on any atom is -0.369 e. The van der Waals surface area contributed by atoms with Crippen LogP contribution in [0.15, 0.2) is 41.5 Å². The first-order valence-corrected chi connectivity index (χ1v) is 9.05. The van der Waals surface area contributed by atoms with Gasteiger partial charge in [0.05, 0.1) is 12.2 Å². The van der Waals surface area contributed by atoms with Crippen molar-refractivity contribution in [2.75, 3.05) is 24.5 Å². The summed E-state index contributed by atoms with van der Waals surface area (Å²) in [5.74, 6) is 0.849. The van der Waals surface area contributed by atoms with E-state index in [9.17, 15) is 0 Å². The zero-order chi connectivity index (χ0) is 17.6. The molecule has 2 aromatic rings. The molecule has 1 aliphatic heterocycles. The number of hydrogen-bond donors (Lipinski definition) is 2. The van der Waals surface area contributed by atoms with Crippen molar-refractivity contribution in [2.24, 2.45) is 12.0 Å². The quantitative estimate of drug-likeness (QED) is 0.386. The number of rotatable bonds is 5. The van der Waals surface area contributed by atoms with Crippen molar-refractivity contribution in [2.45, 2.75) is 25.9 Å². The maximum atomic E-state index is 6.11. The molecule has 0 aliphatic carbocycles. The molecule has 142 valence electrons. The topological polar surface area (TPSA) is 57.5 Å². The van der Waals surface area contributed by atoms with Crippen LogP contribution in [0.3, 0.4) is 0 Å². The predicted octanol–water partition coefficient (Wildman–Crippen LogP) is 3.03. The molecule has 8 heteroatoms. The van der Waals surface area contributed by atoms with E-state index in [4.69, 9.17) is 11.6 Å². The fourth-order valence-corrected chi connectivity index (χ4v) is 3.20. The van der Waals surface area contributed by atoms with E-state index in [1.807, 2.05) is 36.0 Å². The van der Waals surface area contributed by atoms with Gasteiger partial charge in [-0.1, -0.05) is 17.7 Å². The van der Waals surface area contributed by atoms with E-state index >= 15 is 0 Å². The van der Waals surface area contributed by atoms with Gasteiger partial charge in [-0.3, -0.25) is 4.68 Å². The van der Waals surface area contributed by atoms with Crippen LogP contribution in [0.5, 0.6) is 0 Å². The molecular formula is C18H26ClIN6. The number of aliphatic imine (C=N–C) groups is 1. The van der Waals surface area contributed by atoms with Crippen LogP contribution in [-0.2, 0) is 13.6 Å². The standard InChI is InChI=1S/C18H25ClN6.HI/c1-3-20-18(21-12-17-7-9-22-24(17)2)23-15-8-10-25(13-15)16-6-4-5-14(19)11-16;/h4-7,9,11,15H,3,8,10,12-13H2,1-2H3,(H2,20,21,23);1H. The second-order valence-electron chi connectivity index (χ2n) is 6.20. The molecular weight excluding hydrogens is 463 g/mol. The number of aromatic nitrogens is 2.